The Bertz CT molecular complexity index is 4700. The van der Waals surface area contributed by atoms with Crippen LogP contribution in [0.2, 0.25) is 0 Å². The Morgan fingerprint density at radius 1 is 0.466 bits per heavy atom. The molecule has 0 bridgehead atoms. The van der Waals surface area contributed by atoms with Gasteiger partial charge >= 0.3 is 36.6 Å². The van der Waals surface area contributed by atoms with E-state index in [-0.39, 0.29) is 129 Å². The standard InChI is InChI=1S/2C24H22F8N4O2S.C7H9F2N.C6H6F5NS.C6H4FNO.C5H5NO2/c2*25-16-11-15(12-34-13-16)20(21(37)35-17-5-7-24(26,27)8-6-17)36(22(38)23(14-33)9-10-23)18-1-3-19(4-2-18)39(28,29,30,31)32;1-10-6-2-4-7(8,9)5-3-6;7-13(8,9,10,11)6-3-1-5(12)2-4-6;7-6-1-5(4-9)2-8-3-6;6-3-5(1-2-5)4(7)8/h2*1-4,11-13,17,20H,5-10H2,(H,35,37);6H,2-5H2;1-4H,12H2;1-4H;1-2H2,(H,7,8). The third-order valence-corrected chi connectivity index (χ3v) is 22.4. The normalized spacial score (nSPS) is 20.1. The van der Waals surface area contributed by atoms with Gasteiger partial charge in [-0.15, -0.1) is 0 Å². The molecule has 0 spiro atoms. The summed E-state index contributed by atoms with van der Waals surface area (Å²) in [5, 5.41) is 40.7. The fourth-order valence-electron chi connectivity index (χ4n) is 11.7. The molecular formula is C72H68F24N12O7S3. The van der Waals surface area contributed by atoms with E-state index in [1.54, 1.807) is 6.07 Å². The number of aldehydes is 1. The molecule has 2 atom stereocenters. The quantitative estimate of drug-likeness (QED) is 0.0286. The number of aromatic nitrogens is 3. The summed E-state index contributed by atoms with van der Waals surface area (Å²) < 4.78 is 313. The molecule has 0 aliphatic heterocycles. The molecule has 6 aromatic rings. The van der Waals surface area contributed by atoms with E-state index in [9.17, 15) is 137 Å². The number of alkyl halides is 6. The molecule has 3 aromatic heterocycles. The maximum atomic E-state index is 14.1. The van der Waals surface area contributed by atoms with Gasteiger partial charge in [0.05, 0.1) is 36.8 Å². The minimum atomic E-state index is -10.1. The molecule has 6 saturated carbocycles. The smallest absolute Gasteiger partial charge is 0.324 e. The lowest BCUT2D eigenvalue weighted by Crippen LogP contribution is -2.50. The minimum Gasteiger partial charge on any atom is -0.480 e. The van der Waals surface area contributed by atoms with Crippen LogP contribution >= 0.6 is 30.7 Å². The topological polar surface area (TPSA) is 294 Å². The fraction of sp³-hybridized carbons (Fsp3) is 0.403. The number of amides is 4. The molecule has 12 rings (SSSR count). The first-order valence-electron chi connectivity index (χ1n) is 34.7. The summed E-state index contributed by atoms with van der Waals surface area (Å²) in [5.74, 6) is -15.7. The summed E-state index contributed by atoms with van der Waals surface area (Å²) in [7, 11) is -29.7. The summed E-state index contributed by atoms with van der Waals surface area (Å²) in [6, 6.07) is 7.35. The van der Waals surface area contributed by atoms with Crippen LogP contribution in [0.4, 0.5) is 115 Å². The van der Waals surface area contributed by atoms with Crippen LogP contribution in [0.25, 0.3) is 4.85 Å². The van der Waals surface area contributed by atoms with Crippen LogP contribution in [0.1, 0.15) is 149 Å². The number of anilines is 3. The highest BCUT2D eigenvalue weighted by molar-refractivity contribution is 8.46. The highest BCUT2D eigenvalue weighted by atomic mass is 32.5. The molecule has 118 heavy (non-hydrogen) atoms. The SMILES string of the molecule is N#CC1(C(=O)N(c2ccc(S(F)(F)(F)(F)F)cc2)C(C(=O)NC2CCC(F)(F)CC2)c2cncc(F)c2)CC1.N#CC1(C(=O)N(c2ccc(S(F)(F)(F)(F)F)cc2)C(C(=O)NC2CCC(F)(F)CC2)c2cncc(F)c2)CC1.N#CC1(C(=O)O)CC1.Nc1ccc(S(F)(F)(F)(F)F)cc1.O=Cc1cncc(F)c1.[C-]#[N+]C1CCC(F)(F)CC1. The third kappa shape index (κ3) is 26.1. The van der Waals surface area contributed by atoms with Gasteiger partial charge in [0.2, 0.25) is 47.4 Å². The number of nitrogens with zero attached hydrogens (tertiary/aromatic N) is 9. The van der Waals surface area contributed by atoms with Crippen molar-refractivity contribution in [2.45, 2.75) is 178 Å². The van der Waals surface area contributed by atoms with Gasteiger partial charge in [-0.3, -0.25) is 53.5 Å². The van der Waals surface area contributed by atoms with Crippen molar-refractivity contribution in [3.63, 3.8) is 0 Å². The number of rotatable bonds is 17. The first kappa shape index (κ1) is 94.4. The Balaban J connectivity index is 0.000000222. The molecule has 6 aliphatic rings. The largest absolute Gasteiger partial charge is 0.480 e. The summed E-state index contributed by atoms with van der Waals surface area (Å²) in [5.41, 5.74) is -0.351. The number of carbonyl (C=O) groups excluding carboxylic acids is 5. The maximum Gasteiger partial charge on any atom is 0.324 e. The number of aliphatic carboxylic acids is 1. The van der Waals surface area contributed by atoms with E-state index >= 15 is 0 Å². The molecular weight excluding hydrogens is 1700 g/mol. The van der Waals surface area contributed by atoms with Crippen LogP contribution in [0.3, 0.4) is 0 Å². The van der Waals surface area contributed by atoms with Crippen LogP contribution in [-0.2, 0) is 24.0 Å². The lowest BCUT2D eigenvalue weighted by atomic mass is 9.91. The van der Waals surface area contributed by atoms with Crippen molar-refractivity contribution in [2.75, 3.05) is 15.5 Å². The van der Waals surface area contributed by atoms with Crippen LogP contribution in [0, 0.1) is 74.3 Å². The average molecular weight is 1770 g/mol. The number of carbonyl (C=O) groups is 6. The molecule has 0 saturated heterocycles. The lowest BCUT2D eigenvalue weighted by Gasteiger charge is -2.41. The number of nitrogens with two attached hydrogens (primary N) is 1. The molecule has 3 heterocycles. The van der Waals surface area contributed by atoms with Crippen molar-refractivity contribution < 1.29 is 132 Å². The van der Waals surface area contributed by atoms with Gasteiger partial charge in [-0.1, -0.05) is 58.3 Å². The molecule has 46 heteroatoms. The van der Waals surface area contributed by atoms with E-state index in [0.717, 1.165) is 61.3 Å². The number of nitrogens with one attached hydrogen (secondary N) is 2. The number of hydrogen-bond acceptors (Lipinski definition) is 13. The molecule has 2 unspecified atom stereocenters. The van der Waals surface area contributed by atoms with E-state index in [4.69, 9.17) is 22.7 Å². The minimum absolute atomic E-state index is 0.00519. The highest BCUT2D eigenvalue weighted by Crippen LogP contribution is 3.03. The number of carboxylic acid groups (broad SMARTS) is 1. The van der Waals surface area contributed by atoms with Crippen LogP contribution < -0.4 is 26.2 Å². The maximum absolute atomic E-state index is 14.1. The number of benzene rings is 3. The molecule has 3 aromatic carbocycles. The Morgan fingerprint density at radius 3 is 0.992 bits per heavy atom. The zero-order valence-electron chi connectivity index (χ0n) is 60.6. The van der Waals surface area contributed by atoms with Crippen molar-refractivity contribution >= 4 is 83.6 Å². The number of carboxylic acids is 1. The van der Waals surface area contributed by atoms with Crippen LogP contribution in [0.15, 0.2) is 143 Å². The van der Waals surface area contributed by atoms with E-state index in [1.165, 1.54) is 6.20 Å². The average Bonchev–Trinajstić information content (AvgIpc) is 1.57. The van der Waals surface area contributed by atoms with Gasteiger partial charge in [-0.05, 0) is 155 Å². The van der Waals surface area contributed by atoms with Crippen molar-refractivity contribution in [2.24, 2.45) is 16.2 Å². The zero-order chi connectivity index (χ0) is 88.7. The number of nitrogen functional groups attached to an aromatic ring is 1. The Kier molecular flexibility index (Phi) is 25.8. The second-order valence-electron chi connectivity index (χ2n) is 28.4. The second-order valence-corrected chi connectivity index (χ2v) is 35.7. The summed E-state index contributed by atoms with van der Waals surface area (Å²) in [6.45, 7) is 6.61. The summed E-state index contributed by atoms with van der Waals surface area (Å²) in [6.07, 6.45) is 5.70. The second kappa shape index (κ2) is 32.2. The molecule has 6 fully saturated rings. The number of hydrogen-bond donors (Lipinski definition) is 4. The molecule has 0 radical (unpaired) electrons. The van der Waals surface area contributed by atoms with Gasteiger partial charge < -0.3 is 26.3 Å². The van der Waals surface area contributed by atoms with Gasteiger partial charge in [0.15, 0.2) is 11.7 Å². The van der Waals surface area contributed by atoms with Crippen molar-refractivity contribution in [3.05, 3.63) is 174 Å². The number of halogens is 24. The predicted octanol–water partition coefficient (Wildman–Crippen LogP) is 21.7. The third-order valence-electron chi connectivity index (χ3n) is 19.0. The van der Waals surface area contributed by atoms with E-state index in [2.05, 4.69) is 30.4 Å². The Labute approximate surface area is 655 Å². The van der Waals surface area contributed by atoms with Crippen molar-refractivity contribution in [1.29, 1.82) is 15.8 Å². The summed E-state index contributed by atoms with van der Waals surface area (Å²) >= 11 is 0. The van der Waals surface area contributed by atoms with Gasteiger partial charge in [-0.2, -0.15) is 15.8 Å². The lowest BCUT2D eigenvalue weighted by molar-refractivity contribution is -0.141. The van der Waals surface area contributed by atoms with Crippen molar-refractivity contribution in [3.8, 4) is 18.2 Å². The molecule has 644 valence electrons. The Morgan fingerprint density at radius 2 is 0.754 bits per heavy atom. The Hall–Kier alpha value is -10.7. The van der Waals surface area contributed by atoms with Gasteiger partial charge in [-0.25, -0.2) is 46.1 Å². The van der Waals surface area contributed by atoms with Gasteiger partial charge in [0.25, 0.3) is 0 Å². The van der Waals surface area contributed by atoms with E-state index in [1.807, 2.05) is 12.1 Å². The van der Waals surface area contributed by atoms with Crippen LogP contribution in [0.5, 0.6) is 0 Å². The van der Waals surface area contributed by atoms with Gasteiger partial charge in [0.1, 0.15) is 55.1 Å². The number of pyridine rings is 3. The van der Waals surface area contributed by atoms with E-state index < -0.39 is 188 Å². The van der Waals surface area contributed by atoms with Gasteiger partial charge in [0, 0.05) is 116 Å². The first-order valence-corrected chi connectivity index (χ1v) is 40.5. The predicted molar refractivity (Wildman–Crippen MR) is 380 cm³/mol. The van der Waals surface area contributed by atoms with E-state index in [0.29, 0.717) is 66.0 Å². The molecule has 4 amide bonds. The molecule has 19 nitrogen and oxygen atoms in total. The molecule has 5 N–H and O–H groups in total. The van der Waals surface area contributed by atoms with Crippen LogP contribution in [-0.4, -0.2) is 91.8 Å². The molecule has 6 aliphatic carbocycles. The fourth-order valence-corrected chi connectivity index (χ4v) is 13.7. The summed E-state index contributed by atoms with van der Waals surface area (Å²) in [4.78, 5) is 83.2. The number of nitriles is 3. The highest BCUT2D eigenvalue weighted by Gasteiger charge is 2.68. The first-order chi connectivity index (χ1) is 53.8. The zero-order valence-corrected chi connectivity index (χ0v) is 63.1. The van der Waals surface area contributed by atoms with Crippen molar-refractivity contribution in [1.82, 2.24) is 25.6 Å². The monoisotopic (exact) mass is 1760 g/mol.